The Hall–Kier alpha value is -2.96. The van der Waals surface area contributed by atoms with Crippen molar-refractivity contribution >= 4 is 5.65 Å². The molecule has 0 aromatic carbocycles. The molecule has 198 valence electrons. The first-order valence-electron chi connectivity index (χ1n) is 12.0. The standard InChI is InChI=1S/C24H35F2N7O3/c1-5-28-16(2)17-12-19(22(34-4)29-13-17)20-14-33-21(30-15-31-33)23(32-20)36-11-10-35-9-7-18(27)6-8-24(3,25)26/h12-16,18,28H,5-11,27H2,1-4H3/t16-,18?/m1/s1. The van der Waals surface area contributed by atoms with E-state index in [2.05, 4.69) is 32.3 Å². The Morgan fingerprint density at radius 2 is 1.97 bits per heavy atom. The zero-order valence-electron chi connectivity index (χ0n) is 21.2. The van der Waals surface area contributed by atoms with Crippen molar-refractivity contribution in [3.8, 4) is 23.0 Å². The van der Waals surface area contributed by atoms with Crippen molar-refractivity contribution in [3.63, 3.8) is 0 Å². The molecule has 12 heteroatoms. The largest absolute Gasteiger partial charge is 0.481 e. The number of nitrogens with zero attached hydrogens (tertiary/aromatic N) is 5. The van der Waals surface area contributed by atoms with Gasteiger partial charge >= 0.3 is 0 Å². The fraction of sp³-hybridized carbons (Fsp3) is 0.583. The van der Waals surface area contributed by atoms with Crippen molar-refractivity contribution in [2.24, 2.45) is 5.73 Å². The molecule has 36 heavy (non-hydrogen) atoms. The molecule has 0 saturated carbocycles. The maximum absolute atomic E-state index is 13.0. The van der Waals surface area contributed by atoms with E-state index in [9.17, 15) is 8.78 Å². The van der Waals surface area contributed by atoms with Crippen LogP contribution < -0.4 is 20.5 Å². The third kappa shape index (κ3) is 7.77. The molecule has 3 N–H and O–H groups in total. The summed E-state index contributed by atoms with van der Waals surface area (Å²) in [5.74, 6) is -1.98. The molecule has 0 amide bonds. The van der Waals surface area contributed by atoms with Crippen LogP contribution in [0.15, 0.2) is 24.8 Å². The van der Waals surface area contributed by atoms with Gasteiger partial charge in [0.25, 0.3) is 5.88 Å². The molecule has 0 bridgehead atoms. The van der Waals surface area contributed by atoms with Crippen molar-refractivity contribution in [1.29, 1.82) is 0 Å². The maximum atomic E-state index is 13.0. The Morgan fingerprint density at radius 3 is 2.69 bits per heavy atom. The highest BCUT2D eigenvalue weighted by Crippen LogP contribution is 2.31. The zero-order chi connectivity index (χ0) is 26.1. The molecule has 10 nitrogen and oxygen atoms in total. The van der Waals surface area contributed by atoms with Crippen LogP contribution in [0.5, 0.6) is 11.8 Å². The molecular weight excluding hydrogens is 472 g/mol. The van der Waals surface area contributed by atoms with E-state index in [4.69, 9.17) is 19.9 Å². The molecule has 0 spiro atoms. The van der Waals surface area contributed by atoms with E-state index in [-0.39, 0.29) is 38.1 Å². The van der Waals surface area contributed by atoms with Gasteiger partial charge in [-0.2, -0.15) is 5.10 Å². The lowest BCUT2D eigenvalue weighted by Crippen LogP contribution is -2.25. The third-order valence-corrected chi connectivity index (χ3v) is 5.64. The molecule has 3 heterocycles. The number of alkyl halides is 2. The number of aromatic nitrogens is 5. The molecule has 0 saturated heterocycles. The molecule has 2 atom stereocenters. The van der Waals surface area contributed by atoms with Crippen LogP contribution in [-0.2, 0) is 4.74 Å². The molecule has 1 unspecified atom stereocenters. The molecule has 3 aromatic heterocycles. The number of nitrogens with two attached hydrogens (primary N) is 1. The summed E-state index contributed by atoms with van der Waals surface area (Å²) in [5, 5.41) is 7.60. The normalized spacial score (nSPS) is 13.6. The molecule has 3 rings (SSSR count). The zero-order valence-corrected chi connectivity index (χ0v) is 21.2. The Bertz CT molecular complexity index is 1110. The van der Waals surface area contributed by atoms with E-state index in [1.165, 1.54) is 6.33 Å². The molecule has 0 radical (unpaired) electrons. The summed E-state index contributed by atoms with van der Waals surface area (Å²) in [5.41, 5.74) is 8.61. The first kappa shape index (κ1) is 27.6. The van der Waals surface area contributed by atoms with Gasteiger partial charge in [0.1, 0.15) is 12.9 Å². The minimum atomic E-state index is -2.70. The lowest BCUT2D eigenvalue weighted by atomic mass is 10.1. The average Bonchev–Trinajstić information content (AvgIpc) is 3.33. The summed E-state index contributed by atoms with van der Waals surface area (Å²) in [7, 11) is 1.56. The van der Waals surface area contributed by atoms with Gasteiger partial charge in [0.05, 0.1) is 31.2 Å². The monoisotopic (exact) mass is 507 g/mol. The van der Waals surface area contributed by atoms with Gasteiger partial charge in [-0.05, 0) is 44.9 Å². The van der Waals surface area contributed by atoms with Crippen LogP contribution in [0.2, 0.25) is 0 Å². The second-order valence-electron chi connectivity index (χ2n) is 8.68. The number of nitrogens with one attached hydrogen (secondary N) is 1. The number of halogens is 2. The molecule has 0 aliphatic heterocycles. The smallest absolute Gasteiger partial charge is 0.260 e. The Balaban J connectivity index is 1.65. The van der Waals surface area contributed by atoms with Gasteiger partial charge in [0, 0.05) is 31.3 Å². The topological polar surface area (TPSA) is 122 Å². The lowest BCUT2D eigenvalue weighted by molar-refractivity contribution is 0.00800. The summed E-state index contributed by atoms with van der Waals surface area (Å²) >= 11 is 0. The van der Waals surface area contributed by atoms with E-state index < -0.39 is 5.92 Å². The van der Waals surface area contributed by atoms with Crippen LogP contribution in [0.1, 0.15) is 51.6 Å². The Morgan fingerprint density at radius 1 is 1.17 bits per heavy atom. The van der Waals surface area contributed by atoms with E-state index >= 15 is 0 Å². The van der Waals surface area contributed by atoms with E-state index in [1.807, 2.05) is 13.0 Å². The number of fused-ring (bicyclic) bond motifs is 1. The highest BCUT2D eigenvalue weighted by Gasteiger charge is 2.22. The van der Waals surface area contributed by atoms with Crippen molar-refractivity contribution < 1.29 is 23.0 Å². The molecule has 0 fully saturated rings. The van der Waals surface area contributed by atoms with Crippen LogP contribution in [0, 0.1) is 0 Å². The summed E-state index contributed by atoms with van der Waals surface area (Å²) in [6.07, 6.45) is 5.45. The Labute approximate surface area is 209 Å². The van der Waals surface area contributed by atoms with Crippen LogP contribution >= 0.6 is 0 Å². The fourth-order valence-electron chi connectivity index (χ4n) is 3.62. The minimum Gasteiger partial charge on any atom is -0.481 e. The summed E-state index contributed by atoms with van der Waals surface area (Å²) in [6.45, 7) is 6.68. The number of rotatable bonds is 15. The molecular formula is C24H35F2N7O3. The van der Waals surface area contributed by atoms with Crippen molar-refractivity contribution in [2.75, 3.05) is 33.5 Å². The van der Waals surface area contributed by atoms with Crippen molar-refractivity contribution in [1.82, 2.24) is 29.9 Å². The van der Waals surface area contributed by atoms with Crippen LogP contribution in [0.3, 0.4) is 0 Å². The predicted octanol–water partition coefficient (Wildman–Crippen LogP) is 3.41. The fourth-order valence-corrected chi connectivity index (χ4v) is 3.62. The first-order chi connectivity index (χ1) is 17.2. The SMILES string of the molecule is CCN[C@H](C)c1cnc(OC)c(-c2cn3ncnc3c(OCCOCCC(N)CCC(C)(F)F)n2)c1. The molecule has 3 aromatic rings. The van der Waals surface area contributed by atoms with E-state index in [0.29, 0.717) is 41.7 Å². The van der Waals surface area contributed by atoms with Gasteiger partial charge in [-0.25, -0.2) is 28.2 Å². The quantitative estimate of drug-likeness (QED) is 0.298. The Kier molecular flexibility index (Phi) is 9.85. The number of hydrogen-bond donors (Lipinski definition) is 2. The van der Waals surface area contributed by atoms with Gasteiger partial charge in [-0.15, -0.1) is 0 Å². The summed E-state index contributed by atoms with van der Waals surface area (Å²) < 4.78 is 44.4. The van der Waals surface area contributed by atoms with Gasteiger partial charge in [0.15, 0.2) is 0 Å². The summed E-state index contributed by atoms with van der Waals surface area (Å²) in [6, 6.07) is 1.75. The second-order valence-corrected chi connectivity index (χ2v) is 8.68. The van der Waals surface area contributed by atoms with Gasteiger partial charge in [0.2, 0.25) is 17.4 Å². The van der Waals surface area contributed by atoms with Gasteiger partial charge in [-0.1, -0.05) is 6.92 Å². The maximum Gasteiger partial charge on any atom is 0.260 e. The summed E-state index contributed by atoms with van der Waals surface area (Å²) in [4.78, 5) is 13.3. The number of pyridine rings is 1. The highest BCUT2D eigenvalue weighted by atomic mass is 19.3. The van der Waals surface area contributed by atoms with Gasteiger partial charge < -0.3 is 25.3 Å². The second kappa shape index (κ2) is 12.8. The minimum absolute atomic E-state index is 0.0988. The third-order valence-electron chi connectivity index (χ3n) is 5.64. The first-order valence-corrected chi connectivity index (χ1v) is 12.0. The van der Waals surface area contributed by atoms with Crippen LogP contribution in [-0.4, -0.2) is 70.0 Å². The lowest BCUT2D eigenvalue weighted by Gasteiger charge is -2.16. The van der Waals surface area contributed by atoms with Crippen molar-refractivity contribution in [2.45, 2.75) is 58.0 Å². The average molecular weight is 508 g/mol. The highest BCUT2D eigenvalue weighted by molar-refractivity contribution is 5.67. The van der Waals surface area contributed by atoms with Gasteiger partial charge in [-0.3, -0.25) is 0 Å². The van der Waals surface area contributed by atoms with E-state index in [0.717, 1.165) is 19.0 Å². The molecule has 0 aliphatic rings. The predicted molar refractivity (Wildman–Crippen MR) is 131 cm³/mol. The number of hydrogen-bond acceptors (Lipinski definition) is 9. The number of methoxy groups -OCH3 is 1. The number of ether oxygens (including phenoxy) is 3. The van der Waals surface area contributed by atoms with E-state index in [1.54, 1.807) is 24.0 Å². The van der Waals surface area contributed by atoms with Crippen LogP contribution in [0.25, 0.3) is 16.9 Å². The van der Waals surface area contributed by atoms with Crippen molar-refractivity contribution in [3.05, 3.63) is 30.4 Å². The van der Waals surface area contributed by atoms with Crippen LogP contribution in [0.4, 0.5) is 8.78 Å². The molecule has 0 aliphatic carbocycles.